The monoisotopic (exact) mass is 181 g/mol. The molecule has 2 heteroatoms. The molecular weight excluding hydrogens is 162 g/mol. The summed E-state index contributed by atoms with van der Waals surface area (Å²) < 4.78 is 5.29. The van der Waals surface area contributed by atoms with Crippen LogP contribution in [0.4, 0.5) is 0 Å². The Morgan fingerprint density at radius 3 is 2.85 bits per heavy atom. The molecule has 0 aromatic heterocycles. The molecule has 0 atom stereocenters. The third-order valence-electron chi connectivity index (χ3n) is 2.33. The number of ether oxygens (including phenoxy) is 1. The van der Waals surface area contributed by atoms with E-state index in [0.29, 0.717) is 0 Å². The second-order valence-corrected chi connectivity index (χ2v) is 3.46. The Morgan fingerprint density at radius 2 is 2.23 bits per heavy atom. The minimum atomic E-state index is 0.760. The highest BCUT2D eigenvalue weighted by Gasteiger charge is 2.12. The van der Waals surface area contributed by atoms with E-state index < -0.39 is 0 Å². The summed E-state index contributed by atoms with van der Waals surface area (Å²) in [4.78, 5) is 0. The van der Waals surface area contributed by atoms with E-state index in [1.165, 1.54) is 12.8 Å². The molecule has 1 aliphatic rings. The highest BCUT2D eigenvalue weighted by atomic mass is 16.5. The van der Waals surface area contributed by atoms with E-state index in [0.717, 1.165) is 31.4 Å². The molecule has 0 bridgehead atoms. The minimum absolute atomic E-state index is 0.760. The third-order valence-corrected chi connectivity index (χ3v) is 2.33. The largest absolute Gasteiger partial charge is 0.385 e. The van der Waals surface area contributed by atoms with E-state index in [4.69, 9.17) is 4.74 Å². The van der Waals surface area contributed by atoms with Crippen LogP contribution in [0.25, 0.3) is 0 Å². The summed E-state index contributed by atoms with van der Waals surface area (Å²) in [6, 6.07) is 0. The van der Waals surface area contributed by atoms with Crippen LogP contribution in [-0.2, 0) is 4.74 Å². The van der Waals surface area contributed by atoms with Crippen molar-refractivity contribution in [1.29, 1.82) is 0 Å². The summed E-state index contributed by atoms with van der Waals surface area (Å²) >= 11 is 0. The Hall–Kier alpha value is -0.760. The molecule has 0 saturated carbocycles. The van der Waals surface area contributed by atoms with Gasteiger partial charge in [0.2, 0.25) is 0 Å². The van der Waals surface area contributed by atoms with Crippen molar-refractivity contribution in [2.75, 3.05) is 19.8 Å². The van der Waals surface area contributed by atoms with Crippen LogP contribution in [0.3, 0.4) is 0 Å². The van der Waals surface area contributed by atoms with Gasteiger partial charge >= 0.3 is 0 Å². The Balaban J connectivity index is 2.13. The van der Waals surface area contributed by atoms with Gasteiger partial charge in [-0.15, -0.1) is 0 Å². The Kier molecular flexibility index (Phi) is 4.61. The molecule has 1 fully saturated rings. The standard InChI is InChI=1S/C11H19NO/c1-3-4-10(2)12-9-11-5-7-13-8-6-11/h3-4,11-12H,2,5-9H2,1H3/b4-3-. The highest BCUT2D eigenvalue weighted by Crippen LogP contribution is 2.13. The van der Waals surface area contributed by atoms with Crippen molar-refractivity contribution in [3.8, 4) is 0 Å². The molecule has 1 aliphatic heterocycles. The van der Waals surface area contributed by atoms with Crippen molar-refractivity contribution in [2.24, 2.45) is 5.92 Å². The lowest BCUT2D eigenvalue weighted by molar-refractivity contribution is 0.0671. The summed E-state index contributed by atoms with van der Waals surface area (Å²) in [5.41, 5.74) is 1.01. The average molecular weight is 181 g/mol. The Morgan fingerprint density at radius 1 is 1.54 bits per heavy atom. The number of rotatable bonds is 4. The molecule has 0 aromatic carbocycles. The zero-order valence-corrected chi connectivity index (χ0v) is 8.38. The molecule has 1 N–H and O–H groups in total. The molecule has 1 heterocycles. The van der Waals surface area contributed by atoms with Crippen LogP contribution in [0.5, 0.6) is 0 Å². The minimum Gasteiger partial charge on any atom is -0.385 e. The van der Waals surface area contributed by atoms with Crippen molar-refractivity contribution >= 4 is 0 Å². The first-order chi connectivity index (χ1) is 6.33. The number of allylic oxidation sites excluding steroid dienone is 2. The molecule has 0 radical (unpaired) electrons. The lowest BCUT2D eigenvalue weighted by Crippen LogP contribution is -2.26. The van der Waals surface area contributed by atoms with Gasteiger partial charge in [0.05, 0.1) is 0 Å². The topological polar surface area (TPSA) is 21.3 Å². The molecule has 74 valence electrons. The first kappa shape index (κ1) is 10.3. The quantitative estimate of drug-likeness (QED) is 0.671. The second-order valence-electron chi connectivity index (χ2n) is 3.46. The maximum atomic E-state index is 5.29. The fourth-order valence-electron chi connectivity index (χ4n) is 1.49. The van der Waals surface area contributed by atoms with Crippen molar-refractivity contribution in [3.05, 3.63) is 24.4 Å². The van der Waals surface area contributed by atoms with Crippen molar-refractivity contribution < 1.29 is 4.74 Å². The lowest BCUT2D eigenvalue weighted by atomic mass is 10.0. The Labute approximate surface area is 80.7 Å². The number of nitrogens with one attached hydrogen (secondary N) is 1. The molecule has 0 spiro atoms. The summed E-state index contributed by atoms with van der Waals surface area (Å²) in [6.45, 7) is 8.77. The van der Waals surface area contributed by atoms with Crippen LogP contribution in [0, 0.1) is 5.92 Å². The second kappa shape index (κ2) is 5.81. The van der Waals surface area contributed by atoms with E-state index in [9.17, 15) is 0 Å². The van der Waals surface area contributed by atoms with Crippen molar-refractivity contribution in [3.63, 3.8) is 0 Å². The van der Waals surface area contributed by atoms with Crippen molar-refractivity contribution in [2.45, 2.75) is 19.8 Å². The van der Waals surface area contributed by atoms with E-state index >= 15 is 0 Å². The number of hydrogen-bond donors (Lipinski definition) is 1. The van der Waals surface area contributed by atoms with Crippen LogP contribution in [0.2, 0.25) is 0 Å². The molecule has 1 saturated heterocycles. The zero-order valence-electron chi connectivity index (χ0n) is 8.38. The fourth-order valence-corrected chi connectivity index (χ4v) is 1.49. The maximum absolute atomic E-state index is 5.29. The van der Waals surface area contributed by atoms with Gasteiger partial charge in [-0.05, 0) is 31.8 Å². The van der Waals surface area contributed by atoms with E-state index in [-0.39, 0.29) is 0 Å². The van der Waals surface area contributed by atoms with Crippen LogP contribution >= 0.6 is 0 Å². The van der Waals surface area contributed by atoms with Gasteiger partial charge in [-0.1, -0.05) is 12.7 Å². The van der Waals surface area contributed by atoms with Crippen LogP contribution in [0.15, 0.2) is 24.4 Å². The smallest absolute Gasteiger partial charge is 0.0469 e. The van der Waals surface area contributed by atoms with Gasteiger partial charge in [0.1, 0.15) is 0 Å². The molecule has 0 aromatic rings. The van der Waals surface area contributed by atoms with Gasteiger partial charge in [-0.2, -0.15) is 0 Å². The van der Waals surface area contributed by atoms with E-state index in [1.807, 2.05) is 19.1 Å². The van der Waals surface area contributed by atoms with Gasteiger partial charge in [-0.3, -0.25) is 0 Å². The normalized spacial score (nSPS) is 19.2. The number of hydrogen-bond acceptors (Lipinski definition) is 2. The lowest BCUT2D eigenvalue weighted by Gasteiger charge is -2.22. The predicted octanol–water partition coefficient (Wildman–Crippen LogP) is 2.09. The van der Waals surface area contributed by atoms with Crippen LogP contribution in [-0.4, -0.2) is 19.8 Å². The first-order valence-electron chi connectivity index (χ1n) is 4.96. The molecule has 13 heavy (non-hydrogen) atoms. The van der Waals surface area contributed by atoms with Gasteiger partial charge in [0, 0.05) is 25.5 Å². The molecule has 0 amide bonds. The van der Waals surface area contributed by atoms with Gasteiger partial charge in [0.25, 0.3) is 0 Å². The maximum Gasteiger partial charge on any atom is 0.0469 e. The fraction of sp³-hybridized carbons (Fsp3) is 0.636. The highest BCUT2D eigenvalue weighted by molar-refractivity contribution is 5.11. The molecular formula is C11H19NO. The summed E-state index contributed by atoms with van der Waals surface area (Å²) in [7, 11) is 0. The van der Waals surface area contributed by atoms with Gasteiger partial charge in [0.15, 0.2) is 0 Å². The summed E-state index contributed by atoms with van der Waals surface area (Å²) in [6.07, 6.45) is 6.35. The summed E-state index contributed by atoms with van der Waals surface area (Å²) in [5, 5.41) is 3.32. The first-order valence-corrected chi connectivity index (χ1v) is 4.96. The average Bonchev–Trinajstić information content (AvgIpc) is 2.17. The SMILES string of the molecule is C=C(/C=C\C)NCC1CCOCC1. The van der Waals surface area contributed by atoms with Gasteiger partial charge in [-0.25, -0.2) is 0 Å². The van der Waals surface area contributed by atoms with Crippen molar-refractivity contribution in [1.82, 2.24) is 5.32 Å². The zero-order chi connectivity index (χ0) is 9.52. The molecule has 2 nitrogen and oxygen atoms in total. The molecule has 0 unspecified atom stereocenters. The van der Waals surface area contributed by atoms with Crippen LogP contribution in [0.1, 0.15) is 19.8 Å². The summed E-state index contributed by atoms with van der Waals surface area (Å²) in [5.74, 6) is 0.760. The van der Waals surface area contributed by atoms with E-state index in [2.05, 4.69) is 11.9 Å². The molecule has 0 aliphatic carbocycles. The van der Waals surface area contributed by atoms with Crippen LogP contribution < -0.4 is 5.32 Å². The third kappa shape index (κ3) is 4.13. The van der Waals surface area contributed by atoms with Gasteiger partial charge < -0.3 is 10.1 Å². The predicted molar refractivity (Wildman–Crippen MR) is 55.5 cm³/mol. The van der Waals surface area contributed by atoms with E-state index in [1.54, 1.807) is 0 Å². The Bertz CT molecular complexity index is 181. The molecule has 1 rings (SSSR count).